The van der Waals surface area contributed by atoms with Crippen LogP contribution in [0.2, 0.25) is 0 Å². The van der Waals surface area contributed by atoms with Gasteiger partial charge in [-0.2, -0.15) is 16.1 Å². The molecular weight excluding hydrogens is 811 g/mol. The number of carboxylic acid groups (broad SMARTS) is 1. The Balaban J connectivity index is 1.49. The van der Waals surface area contributed by atoms with Gasteiger partial charge in [-0.15, -0.1) is 0 Å². The summed E-state index contributed by atoms with van der Waals surface area (Å²) in [5.41, 5.74) is 4.25. The number of aliphatic hydroxyl groups is 2. The summed E-state index contributed by atoms with van der Waals surface area (Å²) in [4.78, 5) is 85.8. The predicted octanol–water partition coefficient (Wildman–Crippen LogP) is -0.997. The summed E-state index contributed by atoms with van der Waals surface area (Å²) in [6, 6.07) is 0. The number of aliphatic hydroxyl groups excluding tert-OH is 2. The second-order valence-electron chi connectivity index (χ2n) is 12.2. The Morgan fingerprint density at radius 3 is 2.39 bits per heavy atom. The number of aromatic nitrogens is 4. The molecule has 2 aromatic rings. The van der Waals surface area contributed by atoms with Gasteiger partial charge >= 0.3 is 29.4 Å². The first-order chi connectivity index (χ1) is 25.0. The van der Waals surface area contributed by atoms with E-state index in [2.05, 4.69) is 34.4 Å². The molecule has 2 amide bonds. The Labute approximate surface area is 310 Å². The van der Waals surface area contributed by atoms with Gasteiger partial charge in [0.25, 0.3) is 0 Å². The molecule has 7 atom stereocenters. The Morgan fingerprint density at radius 1 is 1.04 bits per heavy atom. The van der Waals surface area contributed by atoms with Gasteiger partial charge in [0, 0.05) is 37.1 Å². The van der Waals surface area contributed by atoms with Gasteiger partial charge in [-0.25, -0.2) is 28.6 Å². The number of aliphatic carboxylic acids is 1. The Hall–Kier alpha value is -2.64. The van der Waals surface area contributed by atoms with Gasteiger partial charge in [0.15, 0.2) is 17.7 Å². The highest BCUT2D eigenvalue weighted by Crippen LogP contribution is 2.61. The van der Waals surface area contributed by atoms with Crippen LogP contribution in [-0.2, 0) is 50.7 Å². The number of phosphoric ester groups is 3. The first kappa shape index (κ1) is 45.7. The number of imidazole rings is 1. The largest absolute Gasteiger partial charge is 0.481 e. The monoisotopic (exact) mass is 853 g/mol. The molecule has 0 aromatic carbocycles. The lowest BCUT2D eigenvalue weighted by Gasteiger charge is -2.30. The highest BCUT2D eigenvalue weighted by molar-refractivity contribution is 7.99. The third-order valence-corrected chi connectivity index (χ3v) is 11.5. The van der Waals surface area contributed by atoms with Crippen molar-refractivity contribution in [2.24, 2.45) is 5.41 Å². The second kappa shape index (κ2) is 19.5. The van der Waals surface area contributed by atoms with Gasteiger partial charge in [-0.1, -0.05) is 13.8 Å². The molecule has 306 valence electrons. The lowest BCUT2D eigenvalue weighted by atomic mass is 9.87. The number of rotatable bonds is 23. The molecule has 11 N–H and O–H groups in total. The van der Waals surface area contributed by atoms with Crippen LogP contribution >= 0.6 is 35.2 Å². The molecule has 0 spiro atoms. The summed E-state index contributed by atoms with van der Waals surface area (Å²) in [5, 5.41) is 34.9. The number of thioether (sulfide) groups is 1. The number of amides is 2. The maximum absolute atomic E-state index is 12.6. The van der Waals surface area contributed by atoms with E-state index in [-0.39, 0.29) is 36.4 Å². The summed E-state index contributed by atoms with van der Waals surface area (Å²) in [7, 11) is -16.4. The highest BCUT2D eigenvalue weighted by Gasteiger charge is 2.50. The number of carbonyl (C=O) groups is 3. The average Bonchev–Trinajstić information content (AvgIpc) is 3.62. The second-order valence-corrected chi connectivity index (χ2v) is 17.6. The molecule has 0 saturated carbocycles. The summed E-state index contributed by atoms with van der Waals surface area (Å²) in [5.74, 6) is -1.15. The van der Waals surface area contributed by atoms with Crippen LogP contribution < -0.4 is 16.4 Å². The van der Waals surface area contributed by atoms with Crippen molar-refractivity contribution in [2.75, 3.05) is 43.5 Å². The Bertz CT molecular complexity index is 1760. The minimum atomic E-state index is -5.57. The van der Waals surface area contributed by atoms with E-state index in [1.54, 1.807) is 0 Å². The normalized spacial score (nSPS) is 22.0. The molecule has 0 bridgehead atoms. The lowest BCUT2D eigenvalue weighted by Crippen LogP contribution is -2.46. The van der Waals surface area contributed by atoms with Gasteiger partial charge in [0.1, 0.15) is 36.3 Å². The average molecular weight is 854 g/mol. The van der Waals surface area contributed by atoms with E-state index < -0.39 is 90.5 Å². The number of ether oxygens (including phenoxy) is 1. The fourth-order valence-corrected chi connectivity index (χ4v) is 8.26. The molecule has 3 heterocycles. The molecule has 0 radical (unpaired) electrons. The summed E-state index contributed by atoms with van der Waals surface area (Å²) in [6.07, 6.45) is -6.34. The summed E-state index contributed by atoms with van der Waals surface area (Å²) in [6.45, 7) is 0.610. The fourth-order valence-electron chi connectivity index (χ4n) is 4.63. The maximum atomic E-state index is 12.6. The predicted molar refractivity (Wildman–Crippen MR) is 184 cm³/mol. The van der Waals surface area contributed by atoms with E-state index in [0.717, 1.165) is 17.2 Å². The van der Waals surface area contributed by atoms with Crippen molar-refractivity contribution in [1.29, 1.82) is 0 Å². The van der Waals surface area contributed by atoms with Crippen LogP contribution in [-0.4, -0.2) is 134 Å². The molecule has 1 aliphatic heterocycles. The highest BCUT2D eigenvalue weighted by atomic mass is 32.2. The third-order valence-electron chi connectivity index (χ3n) is 7.33. The van der Waals surface area contributed by atoms with E-state index in [0.29, 0.717) is 24.5 Å². The van der Waals surface area contributed by atoms with Gasteiger partial charge < -0.3 is 56.0 Å². The number of nitrogens with one attached hydrogen (secondary N) is 2. The van der Waals surface area contributed by atoms with Crippen LogP contribution in [0.15, 0.2) is 12.7 Å². The van der Waals surface area contributed by atoms with Crippen molar-refractivity contribution in [3.05, 3.63) is 12.7 Å². The van der Waals surface area contributed by atoms with E-state index in [1.165, 1.54) is 25.6 Å². The molecular formula is C25H42N7O18P3S. The van der Waals surface area contributed by atoms with E-state index >= 15 is 0 Å². The molecule has 1 saturated heterocycles. The van der Waals surface area contributed by atoms with Crippen LogP contribution in [0.3, 0.4) is 0 Å². The number of carboxylic acids is 1. The minimum Gasteiger partial charge on any atom is -0.481 e. The smallest absolute Gasteiger partial charge is 0.481 e. The summed E-state index contributed by atoms with van der Waals surface area (Å²) < 4.78 is 61.9. The van der Waals surface area contributed by atoms with Crippen LogP contribution in [0, 0.1) is 5.41 Å². The molecule has 54 heavy (non-hydrogen) atoms. The number of fused-ring (bicyclic) bond motifs is 1. The SMILES string of the molecule is CC(C)(COP(=O)(O)OP(=O)(O)OC[C@H]1O[C@@H](n2cnc3c(N)ncnc32)[C@H](O)[C@@H]1OP(=O)(O)O)[C@@H](O)C(=O)NCCC(=O)NCCSCCCC(=O)O. The summed E-state index contributed by atoms with van der Waals surface area (Å²) >= 11 is 1.46. The number of nitrogens with zero attached hydrogens (tertiary/aromatic N) is 4. The maximum Gasteiger partial charge on any atom is 0.481 e. The first-order valence-electron chi connectivity index (χ1n) is 15.7. The van der Waals surface area contributed by atoms with Crippen LogP contribution in [0.4, 0.5) is 5.82 Å². The zero-order valence-electron chi connectivity index (χ0n) is 28.6. The molecule has 29 heteroatoms. The molecule has 3 rings (SSSR count). The van der Waals surface area contributed by atoms with Crippen LogP contribution in [0.25, 0.3) is 11.2 Å². The lowest BCUT2D eigenvalue weighted by molar-refractivity contribution is -0.137. The zero-order valence-corrected chi connectivity index (χ0v) is 32.1. The first-order valence-corrected chi connectivity index (χ1v) is 21.4. The molecule has 2 unspecified atom stereocenters. The van der Waals surface area contributed by atoms with Crippen molar-refractivity contribution < 1.29 is 85.6 Å². The van der Waals surface area contributed by atoms with Crippen molar-refractivity contribution in [3.8, 4) is 0 Å². The van der Waals surface area contributed by atoms with Gasteiger partial charge in [0.2, 0.25) is 11.8 Å². The van der Waals surface area contributed by atoms with E-state index in [1.807, 2.05) is 0 Å². The number of nitrogens with two attached hydrogens (primary N) is 1. The Kier molecular flexibility index (Phi) is 16.5. The van der Waals surface area contributed by atoms with Crippen LogP contribution in [0.5, 0.6) is 0 Å². The quantitative estimate of drug-likeness (QED) is 0.0473. The number of nitrogen functional groups attached to an aromatic ring is 1. The molecule has 2 aromatic heterocycles. The standard InChI is InChI=1S/C25H42N7O18P3S/c1-25(2,20(37)23(38)28-6-5-15(33)27-7-9-54-8-3-4-16(34)35)11-47-53(44,45)50-52(42,43)46-10-14-19(49-51(39,40)41)18(36)24(48-14)32-13-31-17-21(26)29-12-30-22(17)32/h12-14,18-20,24,36-37H,3-11H2,1-2H3,(H,27,33)(H,28,38)(H,34,35)(H,42,43)(H,44,45)(H2,26,29,30)(H2,39,40,41)/t14-,18-,19-,20+,24-/m1/s1. The minimum absolute atomic E-state index is 0.0285. The molecule has 25 nitrogen and oxygen atoms in total. The third kappa shape index (κ3) is 14.1. The topological polar surface area (TPSA) is 384 Å². The fraction of sp³-hybridized carbons (Fsp3) is 0.680. The van der Waals surface area contributed by atoms with E-state index in [4.69, 9.17) is 24.6 Å². The number of phosphoric acid groups is 3. The van der Waals surface area contributed by atoms with Crippen molar-refractivity contribution >= 4 is 70.0 Å². The van der Waals surface area contributed by atoms with Gasteiger partial charge in [0.05, 0.1) is 19.5 Å². The number of hydrogen-bond donors (Lipinski definition) is 10. The number of carbonyl (C=O) groups excluding carboxylic acids is 2. The molecule has 1 fully saturated rings. The molecule has 0 aliphatic carbocycles. The van der Waals surface area contributed by atoms with Gasteiger partial charge in [-0.3, -0.25) is 32.5 Å². The van der Waals surface area contributed by atoms with Gasteiger partial charge in [-0.05, 0) is 12.2 Å². The van der Waals surface area contributed by atoms with Crippen LogP contribution in [0.1, 0.15) is 39.3 Å². The van der Waals surface area contributed by atoms with Crippen molar-refractivity contribution in [2.45, 2.75) is 63.8 Å². The van der Waals surface area contributed by atoms with Crippen molar-refractivity contribution in [1.82, 2.24) is 30.2 Å². The Morgan fingerprint density at radius 2 is 1.72 bits per heavy atom. The molecule has 1 aliphatic rings. The van der Waals surface area contributed by atoms with E-state index in [9.17, 15) is 57.9 Å². The van der Waals surface area contributed by atoms with Crippen molar-refractivity contribution in [3.63, 3.8) is 0 Å². The zero-order chi connectivity index (χ0) is 40.5. The number of hydrogen-bond acceptors (Lipinski definition) is 18. The number of anilines is 1.